The Balaban J connectivity index is 1.96. The van der Waals surface area contributed by atoms with Crippen LogP contribution in [0, 0.1) is 0 Å². The van der Waals surface area contributed by atoms with E-state index < -0.39 is 5.97 Å². The van der Waals surface area contributed by atoms with Crippen molar-refractivity contribution in [3.63, 3.8) is 0 Å². The Bertz CT molecular complexity index is 1150. The largest absolute Gasteiger partial charge is 0.497 e. The van der Waals surface area contributed by atoms with Gasteiger partial charge < -0.3 is 19.0 Å². The number of pyridine rings is 1. The molecule has 1 N–H and O–H groups in total. The van der Waals surface area contributed by atoms with Gasteiger partial charge in [0.2, 0.25) is 0 Å². The summed E-state index contributed by atoms with van der Waals surface area (Å²) >= 11 is 0. The van der Waals surface area contributed by atoms with Gasteiger partial charge in [0.1, 0.15) is 22.8 Å². The third-order valence-corrected chi connectivity index (χ3v) is 4.24. The van der Waals surface area contributed by atoms with Crippen molar-refractivity contribution in [2.24, 2.45) is 0 Å². The Morgan fingerprint density at radius 3 is 2.62 bits per heavy atom. The summed E-state index contributed by atoms with van der Waals surface area (Å²) in [5.41, 5.74) is 1.77. The summed E-state index contributed by atoms with van der Waals surface area (Å²) in [6, 6.07) is 13.9. The highest BCUT2D eigenvalue weighted by molar-refractivity contribution is 6.04. The lowest BCUT2D eigenvalue weighted by atomic mass is 10.1. The van der Waals surface area contributed by atoms with Gasteiger partial charge in [-0.2, -0.15) is 0 Å². The van der Waals surface area contributed by atoms with Gasteiger partial charge in [-0.1, -0.05) is 6.07 Å². The molecule has 2 aromatic carbocycles. The lowest BCUT2D eigenvalue weighted by Crippen LogP contribution is -2.00. The van der Waals surface area contributed by atoms with Gasteiger partial charge in [0.25, 0.3) is 0 Å². The summed E-state index contributed by atoms with van der Waals surface area (Å²) in [4.78, 5) is 16.3. The first-order valence-electron chi connectivity index (χ1n) is 7.89. The van der Waals surface area contributed by atoms with Crippen LogP contribution in [0.3, 0.4) is 0 Å². The van der Waals surface area contributed by atoms with Crippen molar-refractivity contribution < 1.29 is 23.8 Å². The number of carboxylic acid groups (broad SMARTS) is 1. The molecule has 6 nitrogen and oxygen atoms in total. The molecule has 0 aliphatic rings. The van der Waals surface area contributed by atoms with Crippen LogP contribution in [0.1, 0.15) is 10.4 Å². The van der Waals surface area contributed by atoms with Crippen molar-refractivity contribution in [3.8, 4) is 23.0 Å². The Kier molecular flexibility index (Phi) is 3.73. The van der Waals surface area contributed by atoms with Crippen LogP contribution in [-0.4, -0.2) is 30.3 Å². The smallest absolute Gasteiger partial charge is 0.336 e. The van der Waals surface area contributed by atoms with Gasteiger partial charge in [-0.05, 0) is 42.5 Å². The quantitative estimate of drug-likeness (QED) is 0.589. The minimum Gasteiger partial charge on any atom is -0.497 e. The number of aromatic nitrogens is 1. The maximum Gasteiger partial charge on any atom is 0.336 e. The van der Waals surface area contributed by atoms with Crippen LogP contribution in [0.25, 0.3) is 33.3 Å². The monoisotopic (exact) mass is 349 g/mol. The molecule has 2 heterocycles. The zero-order chi connectivity index (χ0) is 18.3. The predicted molar refractivity (Wildman–Crippen MR) is 97.0 cm³/mol. The van der Waals surface area contributed by atoms with Crippen LogP contribution in [-0.2, 0) is 0 Å². The first-order valence-corrected chi connectivity index (χ1v) is 7.89. The van der Waals surface area contributed by atoms with Gasteiger partial charge in [-0.3, -0.25) is 0 Å². The molecule has 0 radical (unpaired) electrons. The Hall–Kier alpha value is -3.54. The molecular weight excluding hydrogens is 334 g/mol. The fourth-order valence-electron chi connectivity index (χ4n) is 2.97. The number of methoxy groups -OCH3 is 2. The Morgan fingerprint density at radius 2 is 1.88 bits per heavy atom. The standard InChI is InChI=1S/C20H15NO5/c1-24-11-6-7-15-12(8-11)13(20(22)23)9-16(21-15)19-10-14-17(25-2)4-3-5-18(14)26-19/h3-10H,1-2H3,(H,22,23). The Labute approximate surface area is 148 Å². The zero-order valence-corrected chi connectivity index (χ0v) is 14.1. The molecule has 0 spiro atoms. The van der Waals surface area contributed by atoms with E-state index in [2.05, 4.69) is 4.98 Å². The minimum atomic E-state index is -1.04. The molecule has 0 amide bonds. The molecule has 0 bridgehead atoms. The van der Waals surface area contributed by atoms with E-state index in [0.29, 0.717) is 39.4 Å². The van der Waals surface area contributed by atoms with Gasteiger partial charge in [0, 0.05) is 5.39 Å². The number of hydrogen-bond donors (Lipinski definition) is 1. The molecule has 0 atom stereocenters. The molecule has 6 heteroatoms. The van der Waals surface area contributed by atoms with Crippen LogP contribution < -0.4 is 9.47 Å². The molecule has 0 fully saturated rings. The number of rotatable bonds is 4. The van der Waals surface area contributed by atoms with Crippen molar-refractivity contribution in [2.75, 3.05) is 14.2 Å². The highest BCUT2D eigenvalue weighted by atomic mass is 16.5. The third-order valence-electron chi connectivity index (χ3n) is 4.24. The summed E-state index contributed by atoms with van der Waals surface area (Å²) in [5.74, 6) is 0.690. The van der Waals surface area contributed by atoms with Crippen LogP contribution in [0.4, 0.5) is 0 Å². The normalized spacial score (nSPS) is 11.0. The summed E-state index contributed by atoms with van der Waals surface area (Å²) in [7, 11) is 3.12. The van der Waals surface area contributed by atoms with E-state index in [1.165, 1.54) is 13.2 Å². The number of aromatic carboxylic acids is 1. The number of hydrogen-bond acceptors (Lipinski definition) is 5. The molecule has 0 aliphatic heterocycles. The van der Waals surface area contributed by atoms with Crippen molar-refractivity contribution in [3.05, 3.63) is 54.1 Å². The molecule has 4 rings (SSSR count). The topological polar surface area (TPSA) is 81.8 Å². The molecular formula is C20H15NO5. The van der Waals surface area contributed by atoms with Gasteiger partial charge >= 0.3 is 5.97 Å². The first kappa shape index (κ1) is 16.0. The first-order chi connectivity index (χ1) is 12.6. The summed E-state index contributed by atoms with van der Waals surface area (Å²) in [6.45, 7) is 0. The highest BCUT2D eigenvalue weighted by Gasteiger charge is 2.17. The van der Waals surface area contributed by atoms with Gasteiger partial charge in [0.15, 0.2) is 5.76 Å². The van der Waals surface area contributed by atoms with Crippen LogP contribution in [0.2, 0.25) is 0 Å². The number of furan rings is 1. The van der Waals surface area contributed by atoms with E-state index in [-0.39, 0.29) is 5.56 Å². The molecule has 0 saturated heterocycles. The van der Waals surface area contributed by atoms with Crippen LogP contribution in [0.15, 0.2) is 52.9 Å². The molecule has 0 aliphatic carbocycles. The number of fused-ring (bicyclic) bond motifs is 2. The van der Waals surface area contributed by atoms with E-state index in [1.54, 1.807) is 31.4 Å². The number of carboxylic acids is 1. The predicted octanol–water partition coefficient (Wildman–Crippen LogP) is 4.36. The minimum absolute atomic E-state index is 0.135. The SMILES string of the molecule is COc1ccc2nc(-c3cc4c(OC)cccc4o3)cc(C(=O)O)c2c1. The highest BCUT2D eigenvalue weighted by Crippen LogP contribution is 2.34. The average Bonchev–Trinajstić information content (AvgIpc) is 3.10. The maximum absolute atomic E-state index is 11.8. The van der Waals surface area contributed by atoms with Gasteiger partial charge in [0.05, 0.1) is 30.7 Å². The molecule has 130 valence electrons. The summed E-state index contributed by atoms with van der Waals surface area (Å²) in [6.07, 6.45) is 0. The molecule has 26 heavy (non-hydrogen) atoms. The van der Waals surface area contributed by atoms with E-state index in [1.807, 2.05) is 18.2 Å². The number of nitrogens with zero attached hydrogens (tertiary/aromatic N) is 1. The van der Waals surface area contributed by atoms with Crippen LogP contribution >= 0.6 is 0 Å². The molecule has 4 aromatic rings. The zero-order valence-electron chi connectivity index (χ0n) is 14.1. The lowest BCUT2D eigenvalue weighted by molar-refractivity contribution is 0.0699. The average molecular weight is 349 g/mol. The second kappa shape index (κ2) is 6.07. The summed E-state index contributed by atoms with van der Waals surface area (Å²) < 4.78 is 16.4. The van der Waals surface area contributed by atoms with Crippen molar-refractivity contribution in [1.82, 2.24) is 4.98 Å². The van der Waals surface area contributed by atoms with Crippen molar-refractivity contribution in [2.45, 2.75) is 0 Å². The van der Waals surface area contributed by atoms with E-state index in [0.717, 1.165) is 5.39 Å². The van der Waals surface area contributed by atoms with E-state index in [9.17, 15) is 9.90 Å². The maximum atomic E-state index is 11.8. The lowest BCUT2D eigenvalue weighted by Gasteiger charge is -2.07. The molecule has 0 unspecified atom stereocenters. The molecule has 0 saturated carbocycles. The number of ether oxygens (including phenoxy) is 2. The molecule has 2 aromatic heterocycles. The van der Waals surface area contributed by atoms with Crippen LogP contribution in [0.5, 0.6) is 11.5 Å². The fourth-order valence-corrected chi connectivity index (χ4v) is 2.97. The van der Waals surface area contributed by atoms with E-state index in [4.69, 9.17) is 13.9 Å². The number of benzene rings is 2. The fraction of sp³-hybridized carbons (Fsp3) is 0.100. The van der Waals surface area contributed by atoms with E-state index >= 15 is 0 Å². The van der Waals surface area contributed by atoms with Gasteiger partial charge in [-0.25, -0.2) is 9.78 Å². The van der Waals surface area contributed by atoms with Crippen molar-refractivity contribution >= 4 is 27.8 Å². The van der Waals surface area contributed by atoms with Crippen molar-refractivity contribution in [1.29, 1.82) is 0 Å². The third kappa shape index (κ3) is 2.52. The second-order valence-corrected chi connectivity index (χ2v) is 5.73. The Morgan fingerprint density at radius 1 is 1.04 bits per heavy atom. The van der Waals surface area contributed by atoms with Gasteiger partial charge in [-0.15, -0.1) is 0 Å². The second-order valence-electron chi connectivity index (χ2n) is 5.73. The number of carbonyl (C=O) groups is 1. The summed E-state index contributed by atoms with van der Waals surface area (Å²) in [5, 5.41) is 10.9.